The molecule has 16 heteroatoms. The smallest absolute Gasteiger partial charge is 0.414 e. The van der Waals surface area contributed by atoms with Crippen molar-refractivity contribution in [3.8, 4) is 0 Å². The minimum Gasteiger partial charge on any atom is -0.473 e. The zero-order valence-corrected chi connectivity index (χ0v) is 24.8. The molecule has 0 rings (SSSR count). The third-order valence-corrected chi connectivity index (χ3v) is 10.8. The van der Waals surface area contributed by atoms with Crippen LogP contribution in [0.1, 0.15) is 27.7 Å². The van der Waals surface area contributed by atoms with Crippen LogP contribution in [0, 0.1) is 0 Å². The average molecular weight is 573 g/mol. The van der Waals surface area contributed by atoms with Gasteiger partial charge in [-0.25, -0.2) is 18.7 Å². The van der Waals surface area contributed by atoms with E-state index >= 15 is 0 Å². The Morgan fingerprint density at radius 2 is 0.882 bits per heavy atom. The van der Waals surface area contributed by atoms with Gasteiger partial charge in [0.15, 0.2) is 0 Å². The van der Waals surface area contributed by atoms with Crippen molar-refractivity contribution < 1.29 is 47.0 Å². The Balaban J connectivity index is -0.000000458. The van der Waals surface area contributed by atoms with Crippen LogP contribution in [0.5, 0.6) is 0 Å². The molecule has 0 aromatic rings. The second-order valence-corrected chi connectivity index (χ2v) is 14.8. The van der Waals surface area contributed by atoms with Crippen LogP contribution in [-0.2, 0) is 36.8 Å². The van der Waals surface area contributed by atoms with Crippen molar-refractivity contribution in [1.29, 1.82) is 0 Å². The number of nitrogens with zero attached hydrogens (tertiary/aromatic N) is 2. The molecule has 0 heterocycles. The maximum absolute atomic E-state index is 11.9. The number of aliphatic carboxylic acids is 2. The zero-order chi connectivity index (χ0) is 27.2. The third kappa shape index (κ3) is 26.5. The van der Waals surface area contributed by atoms with E-state index in [9.17, 15) is 9.13 Å². The molecule has 0 radical (unpaired) electrons. The molecule has 34 heavy (non-hydrogen) atoms. The van der Waals surface area contributed by atoms with Crippen molar-refractivity contribution in [2.24, 2.45) is 0 Å². The highest BCUT2D eigenvalue weighted by Gasteiger charge is 2.24. The number of hydrogen-bond acceptors (Lipinski definition) is 12. The summed E-state index contributed by atoms with van der Waals surface area (Å²) in [5, 5.41) is 14.8. The molecule has 0 aliphatic rings. The topological polar surface area (TPSA) is 152 Å². The summed E-state index contributed by atoms with van der Waals surface area (Å²) in [5.74, 6) is -2.14. The highest BCUT2D eigenvalue weighted by Crippen LogP contribution is 2.60. The molecule has 0 aliphatic carbocycles. The molecule has 0 spiro atoms. The quantitative estimate of drug-likeness (QED) is 0.202. The van der Waals surface area contributed by atoms with Crippen molar-refractivity contribution in [2.75, 3.05) is 79.2 Å². The Hall–Kier alpha value is -0.140. The molecule has 0 bridgehead atoms. The van der Waals surface area contributed by atoms with Gasteiger partial charge in [0.1, 0.15) is 0 Å². The predicted octanol–water partition coefficient (Wildman–Crippen LogP) is 4.08. The van der Waals surface area contributed by atoms with Crippen molar-refractivity contribution in [1.82, 2.24) is 9.80 Å². The molecule has 0 aromatic carbocycles. The first kappa shape index (κ1) is 38.4. The molecule has 0 aromatic heterocycles. The van der Waals surface area contributed by atoms with E-state index in [2.05, 4.69) is 0 Å². The fourth-order valence-electron chi connectivity index (χ4n) is 1.53. The van der Waals surface area contributed by atoms with Crippen molar-refractivity contribution >= 4 is 48.3 Å². The lowest BCUT2D eigenvalue weighted by Crippen LogP contribution is -2.14. The lowest BCUT2D eigenvalue weighted by atomic mass is 10.7. The number of rotatable bonds is 16. The van der Waals surface area contributed by atoms with E-state index in [0.29, 0.717) is 26.4 Å². The van der Waals surface area contributed by atoms with Gasteiger partial charge in [-0.2, -0.15) is 0 Å². The van der Waals surface area contributed by atoms with Gasteiger partial charge in [0.05, 0.1) is 26.4 Å². The first-order chi connectivity index (χ1) is 15.7. The average Bonchev–Trinajstić information content (AvgIpc) is 2.69. The monoisotopic (exact) mass is 572 g/mol. The molecule has 2 N–H and O–H groups in total. The van der Waals surface area contributed by atoms with E-state index in [1.165, 1.54) is 22.8 Å². The summed E-state index contributed by atoms with van der Waals surface area (Å²) in [4.78, 5) is 22.3. The highest BCUT2D eigenvalue weighted by molar-refractivity contribution is 8.55. The molecular weight excluding hydrogens is 530 g/mol. The van der Waals surface area contributed by atoms with Crippen LogP contribution in [-0.4, -0.2) is 111 Å². The molecule has 0 unspecified atom stereocenters. The number of carboxylic acids is 2. The Bertz CT molecular complexity index is 556. The second-order valence-electron chi connectivity index (χ2n) is 6.45. The van der Waals surface area contributed by atoms with Crippen LogP contribution in [0.2, 0.25) is 0 Å². The Kier molecular flexibility index (Phi) is 26.3. The van der Waals surface area contributed by atoms with Crippen molar-refractivity contribution in [3.63, 3.8) is 0 Å². The molecule has 0 amide bonds. The van der Waals surface area contributed by atoms with Crippen LogP contribution >= 0.6 is 36.4 Å². The summed E-state index contributed by atoms with van der Waals surface area (Å²) < 4.78 is 44.3. The van der Waals surface area contributed by atoms with Gasteiger partial charge in [0, 0.05) is 24.6 Å². The zero-order valence-electron chi connectivity index (χ0n) is 21.4. The minimum absolute atomic E-state index is 0.423. The minimum atomic E-state index is -2.89. The Morgan fingerprint density at radius 1 is 0.647 bits per heavy atom. The number of carbonyl (C=O) groups is 2. The van der Waals surface area contributed by atoms with Gasteiger partial charge in [-0.1, -0.05) is 0 Å². The molecule has 12 nitrogen and oxygen atoms in total. The summed E-state index contributed by atoms with van der Waals surface area (Å²) in [6, 6.07) is 0. The van der Waals surface area contributed by atoms with Gasteiger partial charge in [-0.3, -0.25) is 0 Å². The lowest BCUT2D eigenvalue weighted by Gasteiger charge is -2.16. The summed E-state index contributed by atoms with van der Waals surface area (Å²) >= 11 is 2.54. The molecule has 0 saturated carbocycles. The maximum Gasteiger partial charge on any atom is 0.414 e. The second kappa shape index (κ2) is 23.3. The fraction of sp³-hybridized carbons (Fsp3) is 0.889. The van der Waals surface area contributed by atoms with Gasteiger partial charge in [0.2, 0.25) is 0 Å². The van der Waals surface area contributed by atoms with E-state index in [-0.39, 0.29) is 0 Å². The van der Waals surface area contributed by atoms with Crippen LogP contribution in [0.4, 0.5) is 0 Å². The van der Waals surface area contributed by atoms with Crippen LogP contribution < -0.4 is 0 Å². The Labute approximate surface area is 212 Å². The third-order valence-electron chi connectivity index (χ3n) is 2.91. The van der Waals surface area contributed by atoms with Gasteiger partial charge >= 0.3 is 25.5 Å². The van der Waals surface area contributed by atoms with E-state index in [1.807, 2.05) is 65.7 Å². The van der Waals surface area contributed by atoms with Gasteiger partial charge in [-0.15, -0.1) is 0 Å². The van der Waals surface area contributed by atoms with Crippen LogP contribution in [0.15, 0.2) is 0 Å². The Morgan fingerprint density at radius 3 is 1.03 bits per heavy atom. The first-order valence-corrected chi connectivity index (χ1v) is 16.8. The summed E-state index contributed by atoms with van der Waals surface area (Å²) in [6.07, 6.45) is 0. The standard InChI is InChI=1S/2C8H20NO3PS.C2H2O4/c2*1-5-11-13(10,12-6-2)14-8-7-9(3)4;3-1(4)2(5)6/h2*5-8H2,1-4H3;(H,3,4)(H,5,6). The van der Waals surface area contributed by atoms with E-state index < -0.39 is 25.5 Å². The van der Waals surface area contributed by atoms with Gasteiger partial charge < -0.3 is 38.1 Å². The maximum atomic E-state index is 11.9. The SMILES string of the molecule is CCOP(=O)(OCC)SCCN(C)C.CCOP(=O)(OCC)SCCN(C)C.O=C(O)C(=O)O. The van der Waals surface area contributed by atoms with Crippen LogP contribution in [0.3, 0.4) is 0 Å². The molecule has 206 valence electrons. The normalized spacial score (nSPS) is 11.5. The molecule has 0 fully saturated rings. The van der Waals surface area contributed by atoms with Crippen LogP contribution in [0.25, 0.3) is 0 Å². The highest BCUT2D eigenvalue weighted by atomic mass is 32.7. The summed E-state index contributed by atoms with van der Waals surface area (Å²) in [7, 11) is 7.92. The van der Waals surface area contributed by atoms with E-state index in [0.717, 1.165) is 24.6 Å². The van der Waals surface area contributed by atoms with Crippen molar-refractivity contribution in [2.45, 2.75) is 27.7 Å². The fourth-order valence-corrected chi connectivity index (χ4v) is 8.57. The predicted molar refractivity (Wildman–Crippen MR) is 139 cm³/mol. The lowest BCUT2D eigenvalue weighted by molar-refractivity contribution is -0.159. The van der Waals surface area contributed by atoms with Gasteiger partial charge in [-0.05, 0) is 78.6 Å². The number of hydrogen-bond donors (Lipinski definition) is 2. The molecule has 0 atom stereocenters. The summed E-state index contributed by atoms with van der Waals surface area (Å²) in [6.45, 7) is 4.93. The summed E-state index contributed by atoms with van der Waals surface area (Å²) in [5.41, 5.74) is 0. The largest absolute Gasteiger partial charge is 0.473 e. The van der Waals surface area contributed by atoms with Crippen molar-refractivity contribution in [3.05, 3.63) is 0 Å². The molecule has 0 saturated heterocycles. The van der Waals surface area contributed by atoms with E-state index in [4.69, 9.17) is 37.9 Å². The number of carboxylic acid groups (broad SMARTS) is 2. The molecule has 0 aliphatic heterocycles. The molecular formula is C18H42N2O10P2S2. The van der Waals surface area contributed by atoms with E-state index in [1.54, 1.807) is 0 Å². The van der Waals surface area contributed by atoms with Gasteiger partial charge in [0.25, 0.3) is 0 Å². The first-order valence-electron chi connectivity index (χ1n) is 10.5.